The Morgan fingerprint density at radius 3 is 2.85 bits per heavy atom. The summed E-state index contributed by atoms with van der Waals surface area (Å²) in [5, 5.41) is 5.23. The van der Waals surface area contributed by atoms with Crippen molar-refractivity contribution in [3.05, 3.63) is 52.8 Å². The Hall–Kier alpha value is -2.16. The minimum absolute atomic E-state index is 0.105. The molecule has 0 saturated carbocycles. The molecule has 2 aliphatic rings. The maximum atomic E-state index is 14.0. The summed E-state index contributed by atoms with van der Waals surface area (Å²) in [6.07, 6.45) is 0.695. The number of nitrogens with two attached hydrogens (primary N) is 1. The summed E-state index contributed by atoms with van der Waals surface area (Å²) in [5.74, 6) is 0.337. The molecular weight excluding hydrogens is 359 g/mol. The largest absolute Gasteiger partial charge is 0.467 e. The molecule has 0 radical (unpaired) electrons. The van der Waals surface area contributed by atoms with Crippen molar-refractivity contribution in [3.8, 4) is 5.75 Å². The molecule has 2 heterocycles. The predicted octanol–water partition coefficient (Wildman–Crippen LogP) is 2.29. The van der Waals surface area contributed by atoms with Crippen LogP contribution in [-0.4, -0.2) is 21.3 Å². The number of hydrogen-bond acceptors (Lipinski definition) is 5. The normalized spacial score (nSPS) is 19.0. The van der Waals surface area contributed by atoms with Gasteiger partial charge in [-0.25, -0.2) is 17.9 Å². The van der Waals surface area contributed by atoms with Crippen molar-refractivity contribution in [3.63, 3.8) is 0 Å². The number of primary sulfonamides is 1. The summed E-state index contributed by atoms with van der Waals surface area (Å²) < 4.78 is 48.0. The van der Waals surface area contributed by atoms with E-state index in [0.29, 0.717) is 30.9 Å². The second kappa shape index (κ2) is 6.22. The van der Waals surface area contributed by atoms with Gasteiger partial charge < -0.3 is 14.4 Å². The lowest BCUT2D eigenvalue weighted by atomic mass is 10.1. The fraction of sp³-hybridized carbons (Fsp3) is 0.333. The standard InChI is InChI=1S/C18H19FN2O4S/c1-11-4-12-7-16(26(20,22)23)2-3-17(12)21(11)8-13-5-15(19)6-14-9-24-10-25-18(13)14/h2-3,5-7,11H,4,8-10H2,1H3,(H2,20,22,23)/t11-/m0/s1. The van der Waals surface area contributed by atoms with Gasteiger partial charge in [0, 0.05) is 29.4 Å². The van der Waals surface area contributed by atoms with Gasteiger partial charge in [-0.3, -0.25) is 0 Å². The van der Waals surface area contributed by atoms with Gasteiger partial charge in [-0.15, -0.1) is 0 Å². The molecule has 4 rings (SSSR count). The van der Waals surface area contributed by atoms with E-state index in [9.17, 15) is 12.8 Å². The van der Waals surface area contributed by atoms with Crippen LogP contribution in [0.5, 0.6) is 5.75 Å². The van der Waals surface area contributed by atoms with Crippen molar-refractivity contribution in [1.29, 1.82) is 0 Å². The minimum Gasteiger partial charge on any atom is -0.467 e. The highest BCUT2D eigenvalue weighted by Crippen LogP contribution is 2.37. The predicted molar refractivity (Wildman–Crippen MR) is 93.8 cm³/mol. The maximum absolute atomic E-state index is 14.0. The van der Waals surface area contributed by atoms with Crippen LogP contribution in [0.2, 0.25) is 0 Å². The monoisotopic (exact) mass is 378 g/mol. The average Bonchev–Trinajstić information content (AvgIpc) is 2.89. The van der Waals surface area contributed by atoms with Gasteiger partial charge in [-0.05, 0) is 49.2 Å². The van der Waals surface area contributed by atoms with Crippen LogP contribution in [0.15, 0.2) is 35.2 Å². The lowest BCUT2D eigenvalue weighted by Crippen LogP contribution is -2.29. The van der Waals surface area contributed by atoms with Gasteiger partial charge in [0.2, 0.25) is 10.0 Å². The van der Waals surface area contributed by atoms with Crippen molar-refractivity contribution in [2.45, 2.75) is 37.4 Å². The molecule has 0 aromatic heterocycles. The third-order valence-corrected chi connectivity index (χ3v) is 5.74. The molecular formula is C18H19FN2O4S. The Bertz CT molecular complexity index is 977. The highest BCUT2D eigenvalue weighted by molar-refractivity contribution is 7.89. The van der Waals surface area contributed by atoms with Crippen LogP contribution in [-0.2, 0) is 34.3 Å². The van der Waals surface area contributed by atoms with Crippen LogP contribution in [0.4, 0.5) is 10.1 Å². The van der Waals surface area contributed by atoms with E-state index < -0.39 is 10.0 Å². The van der Waals surface area contributed by atoms with Gasteiger partial charge >= 0.3 is 0 Å². The van der Waals surface area contributed by atoms with Crippen LogP contribution in [0.3, 0.4) is 0 Å². The third kappa shape index (κ3) is 3.04. The molecule has 138 valence electrons. The number of nitrogens with zero attached hydrogens (tertiary/aromatic N) is 1. The zero-order chi connectivity index (χ0) is 18.5. The van der Waals surface area contributed by atoms with Crippen molar-refractivity contribution in [2.24, 2.45) is 5.14 Å². The van der Waals surface area contributed by atoms with Crippen LogP contribution in [0.25, 0.3) is 0 Å². The topological polar surface area (TPSA) is 81.9 Å². The van der Waals surface area contributed by atoms with E-state index in [1.807, 2.05) is 6.92 Å². The smallest absolute Gasteiger partial charge is 0.238 e. The second-order valence-corrected chi connectivity index (χ2v) is 8.24. The molecule has 1 atom stereocenters. The first kappa shape index (κ1) is 17.3. The number of anilines is 1. The molecule has 0 aliphatic carbocycles. The van der Waals surface area contributed by atoms with E-state index in [1.165, 1.54) is 18.2 Å². The molecule has 26 heavy (non-hydrogen) atoms. The molecule has 2 aromatic carbocycles. The zero-order valence-corrected chi connectivity index (χ0v) is 15.1. The van der Waals surface area contributed by atoms with Crippen LogP contribution < -0.4 is 14.8 Å². The fourth-order valence-electron chi connectivity index (χ4n) is 3.65. The van der Waals surface area contributed by atoms with Crippen molar-refractivity contribution in [2.75, 3.05) is 11.7 Å². The lowest BCUT2D eigenvalue weighted by Gasteiger charge is -2.28. The molecule has 8 heteroatoms. The quantitative estimate of drug-likeness (QED) is 0.886. The number of hydrogen-bond donors (Lipinski definition) is 1. The molecule has 0 spiro atoms. The molecule has 2 aliphatic heterocycles. The molecule has 0 saturated heterocycles. The van der Waals surface area contributed by atoms with E-state index in [4.69, 9.17) is 14.6 Å². The van der Waals surface area contributed by atoms with E-state index >= 15 is 0 Å². The number of sulfonamides is 1. The van der Waals surface area contributed by atoms with Crippen LogP contribution in [0, 0.1) is 5.82 Å². The first-order valence-corrected chi connectivity index (χ1v) is 9.82. The molecule has 6 nitrogen and oxygen atoms in total. The average molecular weight is 378 g/mol. The third-order valence-electron chi connectivity index (χ3n) is 4.83. The van der Waals surface area contributed by atoms with Crippen molar-refractivity contribution in [1.82, 2.24) is 0 Å². The SMILES string of the molecule is C[C@H]1Cc2cc(S(N)(=O)=O)ccc2N1Cc1cc(F)cc2c1OCOC2. The lowest BCUT2D eigenvalue weighted by molar-refractivity contribution is -0.0172. The number of ether oxygens (including phenoxy) is 2. The Labute approximate surface area is 151 Å². The summed E-state index contributed by atoms with van der Waals surface area (Å²) in [4.78, 5) is 2.23. The first-order valence-electron chi connectivity index (χ1n) is 8.27. The van der Waals surface area contributed by atoms with E-state index in [-0.39, 0.29) is 23.5 Å². The number of benzene rings is 2. The Kier molecular flexibility index (Phi) is 4.13. The Morgan fingerprint density at radius 1 is 1.27 bits per heavy atom. The molecule has 0 unspecified atom stereocenters. The molecule has 2 aromatic rings. The van der Waals surface area contributed by atoms with Gasteiger partial charge in [0.1, 0.15) is 11.6 Å². The van der Waals surface area contributed by atoms with Gasteiger partial charge in [0.05, 0.1) is 11.5 Å². The van der Waals surface area contributed by atoms with E-state index in [0.717, 1.165) is 16.8 Å². The second-order valence-electron chi connectivity index (χ2n) is 6.68. The Balaban J connectivity index is 1.70. The van der Waals surface area contributed by atoms with Gasteiger partial charge in [0.25, 0.3) is 0 Å². The fourth-order valence-corrected chi connectivity index (χ4v) is 4.21. The zero-order valence-electron chi connectivity index (χ0n) is 14.2. The molecule has 0 bridgehead atoms. The van der Waals surface area contributed by atoms with Crippen molar-refractivity contribution < 1.29 is 22.3 Å². The molecule has 0 fully saturated rings. The van der Waals surface area contributed by atoms with Crippen molar-refractivity contribution >= 4 is 15.7 Å². The maximum Gasteiger partial charge on any atom is 0.238 e. The van der Waals surface area contributed by atoms with E-state index in [2.05, 4.69) is 4.90 Å². The summed E-state index contributed by atoms with van der Waals surface area (Å²) >= 11 is 0. The van der Waals surface area contributed by atoms with Gasteiger partial charge in [-0.2, -0.15) is 0 Å². The summed E-state index contributed by atoms with van der Waals surface area (Å²) in [5.41, 5.74) is 3.29. The van der Waals surface area contributed by atoms with Gasteiger partial charge in [0.15, 0.2) is 6.79 Å². The summed E-state index contributed by atoms with van der Waals surface area (Å²) in [6.45, 7) is 2.98. The number of rotatable bonds is 3. The number of halogens is 1. The van der Waals surface area contributed by atoms with Gasteiger partial charge in [-0.1, -0.05) is 0 Å². The highest BCUT2D eigenvalue weighted by atomic mass is 32.2. The molecule has 2 N–H and O–H groups in total. The highest BCUT2D eigenvalue weighted by Gasteiger charge is 2.29. The Morgan fingerprint density at radius 2 is 2.08 bits per heavy atom. The van der Waals surface area contributed by atoms with E-state index in [1.54, 1.807) is 12.1 Å². The number of fused-ring (bicyclic) bond motifs is 2. The van der Waals surface area contributed by atoms with Crippen LogP contribution in [0.1, 0.15) is 23.6 Å². The minimum atomic E-state index is -3.74. The summed E-state index contributed by atoms with van der Waals surface area (Å²) in [6, 6.07) is 7.93. The van der Waals surface area contributed by atoms with Crippen LogP contribution >= 0.6 is 0 Å². The first-order chi connectivity index (χ1) is 12.3. The molecule has 0 amide bonds. The summed E-state index contributed by atoms with van der Waals surface area (Å²) in [7, 11) is -3.74.